The Morgan fingerprint density at radius 1 is 1.27 bits per heavy atom. The summed E-state index contributed by atoms with van der Waals surface area (Å²) in [6.45, 7) is 3.54. The van der Waals surface area contributed by atoms with Crippen molar-refractivity contribution >= 4 is 17.8 Å². The Morgan fingerprint density at radius 3 is 2.77 bits per heavy atom. The van der Waals surface area contributed by atoms with E-state index in [0.29, 0.717) is 17.1 Å². The number of hydrogen-bond donors (Lipinski definition) is 0. The molecule has 0 radical (unpaired) electrons. The second-order valence-corrected chi connectivity index (χ2v) is 5.63. The summed E-state index contributed by atoms with van der Waals surface area (Å²) in [6, 6.07) is 10.7. The lowest BCUT2D eigenvalue weighted by atomic mass is 10.1. The van der Waals surface area contributed by atoms with E-state index in [9.17, 15) is 14.0 Å². The van der Waals surface area contributed by atoms with Gasteiger partial charge in [-0.15, -0.1) is 0 Å². The van der Waals surface area contributed by atoms with E-state index >= 15 is 0 Å². The van der Waals surface area contributed by atoms with Crippen LogP contribution in [0.15, 0.2) is 48.2 Å². The van der Waals surface area contributed by atoms with Crippen molar-refractivity contribution in [3.63, 3.8) is 0 Å². The van der Waals surface area contributed by atoms with Crippen LogP contribution in [0, 0.1) is 5.82 Å². The van der Waals surface area contributed by atoms with Crippen LogP contribution >= 0.6 is 0 Å². The van der Waals surface area contributed by atoms with Crippen LogP contribution in [0.4, 0.5) is 4.39 Å². The predicted octanol–water partition coefficient (Wildman–Crippen LogP) is 3.77. The number of ketones is 1. The molecule has 3 rings (SSSR count). The van der Waals surface area contributed by atoms with E-state index in [2.05, 4.69) is 0 Å². The molecule has 0 saturated carbocycles. The lowest BCUT2D eigenvalue weighted by Gasteiger charge is -2.13. The van der Waals surface area contributed by atoms with Crippen LogP contribution in [-0.2, 0) is 9.53 Å². The molecule has 1 aliphatic rings. The second-order valence-electron chi connectivity index (χ2n) is 5.63. The Hall–Kier alpha value is -3.15. The van der Waals surface area contributed by atoms with Gasteiger partial charge < -0.3 is 14.2 Å². The molecule has 0 aliphatic carbocycles. The summed E-state index contributed by atoms with van der Waals surface area (Å²) in [7, 11) is 0. The molecular formula is C20H17FO5. The van der Waals surface area contributed by atoms with Gasteiger partial charge in [-0.3, -0.25) is 4.79 Å². The van der Waals surface area contributed by atoms with Crippen molar-refractivity contribution in [3.05, 3.63) is 65.2 Å². The molecule has 0 bridgehead atoms. The summed E-state index contributed by atoms with van der Waals surface area (Å²) in [6.07, 6.45) is 0.568. The van der Waals surface area contributed by atoms with Gasteiger partial charge in [-0.2, -0.15) is 0 Å². The van der Waals surface area contributed by atoms with Crippen molar-refractivity contribution in [2.75, 3.05) is 6.61 Å². The summed E-state index contributed by atoms with van der Waals surface area (Å²) in [5.41, 5.74) is 0.611. The minimum atomic E-state index is -0.793. The fourth-order valence-electron chi connectivity index (χ4n) is 2.49. The maximum absolute atomic E-state index is 13.8. The highest BCUT2D eigenvalue weighted by atomic mass is 19.1. The van der Waals surface area contributed by atoms with Gasteiger partial charge in [-0.05, 0) is 38.1 Å². The van der Waals surface area contributed by atoms with Gasteiger partial charge in [0, 0.05) is 11.6 Å². The number of allylic oxidation sites excluding steroid dienone is 1. The molecule has 0 saturated heterocycles. The number of carbonyl (C=O) groups excluding carboxylic acids is 2. The predicted molar refractivity (Wildman–Crippen MR) is 92.5 cm³/mol. The van der Waals surface area contributed by atoms with E-state index in [0.717, 1.165) is 0 Å². The van der Waals surface area contributed by atoms with E-state index < -0.39 is 17.9 Å². The van der Waals surface area contributed by atoms with Crippen LogP contribution in [0.5, 0.6) is 11.5 Å². The van der Waals surface area contributed by atoms with E-state index in [1.165, 1.54) is 18.2 Å². The molecule has 0 amide bonds. The molecule has 6 heteroatoms. The quantitative estimate of drug-likeness (QED) is 0.603. The average molecular weight is 356 g/mol. The minimum Gasteiger partial charge on any atom is -0.479 e. The zero-order valence-electron chi connectivity index (χ0n) is 14.3. The third-order valence-electron chi connectivity index (χ3n) is 3.76. The molecule has 134 valence electrons. The fourth-order valence-corrected chi connectivity index (χ4v) is 2.49. The zero-order valence-corrected chi connectivity index (χ0v) is 14.3. The topological polar surface area (TPSA) is 61.8 Å². The summed E-state index contributed by atoms with van der Waals surface area (Å²) in [5, 5.41) is 0. The molecule has 1 atom stereocenters. The molecular weight excluding hydrogens is 339 g/mol. The van der Waals surface area contributed by atoms with E-state index in [1.54, 1.807) is 44.2 Å². The van der Waals surface area contributed by atoms with Crippen LogP contribution in [-0.4, -0.2) is 24.5 Å². The van der Waals surface area contributed by atoms with Crippen molar-refractivity contribution < 1.29 is 28.2 Å². The van der Waals surface area contributed by atoms with E-state index in [1.807, 2.05) is 0 Å². The molecule has 2 aromatic rings. The minimum absolute atomic E-state index is 0.0284. The number of rotatable bonds is 5. The van der Waals surface area contributed by atoms with Crippen molar-refractivity contribution in [2.24, 2.45) is 0 Å². The smallest absolute Gasteiger partial charge is 0.347 e. The summed E-state index contributed by atoms with van der Waals surface area (Å²) in [5.74, 6) is -0.575. The molecule has 5 nitrogen and oxygen atoms in total. The molecule has 0 N–H and O–H groups in total. The molecule has 0 spiro atoms. The molecule has 26 heavy (non-hydrogen) atoms. The Morgan fingerprint density at radius 2 is 2.04 bits per heavy atom. The van der Waals surface area contributed by atoms with Gasteiger partial charge in [0.25, 0.3) is 0 Å². The van der Waals surface area contributed by atoms with Crippen molar-refractivity contribution in [3.8, 4) is 11.5 Å². The van der Waals surface area contributed by atoms with Crippen LogP contribution in [0.25, 0.3) is 6.08 Å². The lowest BCUT2D eigenvalue weighted by Crippen LogP contribution is -2.26. The first-order valence-electron chi connectivity index (χ1n) is 8.15. The summed E-state index contributed by atoms with van der Waals surface area (Å²) >= 11 is 0. The van der Waals surface area contributed by atoms with Gasteiger partial charge >= 0.3 is 5.97 Å². The first kappa shape index (κ1) is 17.7. The monoisotopic (exact) mass is 356 g/mol. The van der Waals surface area contributed by atoms with Crippen molar-refractivity contribution in [2.45, 2.75) is 20.0 Å². The van der Waals surface area contributed by atoms with Gasteiger partial charge in [0.1, 0.15) is 17.3 Å². The molecule has 0 fully saturated rings. The highest BCUT2D eigenvalue weighted by Crippen LogP contribution is 2.35. The fraction of sp³-hybridized carbons (Fsp3) is 0.200. The molecule has 1 aliphatic heterocycles. The van der Waals surface area contributed by atoms with Gasteiger partial charge in [0.05, 0.1) is 12.2 Å². The maximum atomic E-state index is 13.8. The highest BCUT2D eigenvalue weighted by molar-refractivity contribution is 6.14. The number of fused-ring (bicyclic) bond motifs is 1. The Bertz CT molecular complexity index is 888. The summed E-state index contributed by atoms with van der Waals surface area (Å²) < 4.78 is 29.7. The van der Waals surface area contributed by atoms with Crippen molar-refractivity contribution in [1.82, 2.24) is 0 Å². The number of hydrogen-bond acceptors (Lipinski definition) is 5. The number of benzene rings is 2. The summed E-state index contributed by atoms with van der Waals surface area (Å²) in [4.78, 5) is 24.1. The lowest BCUT2D eigenvalue weighted by molar-refractivity contribution is -0.150. The standard InChI is InChI=1S/C20H17FO5/c1-3-24-20(23)12(2)25-14-8-9-15-17(11-14)26-18(19(15)22)10-13-6-4-5-7-16(13)21/h4-12H,3H2,1-2H3/b18-10-. The van der Waals surface area contributed by atoms with E-state index in [-0.39, 0.29) is 23.7 Å². The molecule has 1 heterocycles. The van der Waals surface area contributed by atoms with Crippen molar-refractivity contribution in [1.29, 1.82) is 0 Å². The van der Waals surface area contributed by atoms with Gasteiger partial charge in [0.15, 0.2) is 11.9 Å². The molecule has 1 unspecified atom stereocenters. The third-order valence-corrected chi connectivity index (χ3v) is 3.76. The largest absolute Gasteiger partial charge is 0.479 e. The maximum Gasteiger partial charge on any atom is 0.347 e. The molecule has 2 aromatic carbocycles. The number of esters is 1. The average Bonchev–Trinajstić information content (AvgIpc) is 2.92. The molecule has 0 aromatic heterocycles. The van der Waals surface area contributed by atoms with E-state index in [4.69, 9.17) is 14.2 Å². The second kappa shape index (κ2) is 7.39. The van der Waals surface area contributed by atoms with Gasteiger partial charge in [-0.25, -0.2) is 9.18 Å². The Kier molecular flexibility index (Phi) is 5.02. The first-order valence-corrected chi connectivity index (χ1v) is 8.15. The number of carbonyl (C=O) groups is 2. The number of halogens is 1. The third kappa shape index (κ3) is 3.59. The number of Topliss-reactive ketones (excluding diaryl/α,β-unsaturated/α-hetero) is 1. The Balaban J connectivity index is 1.80. The zero-order chi connectivity index (χ0) is 18.7. The highest BCUT2D eigenvalue weighted by Gasteiger charge is 2.28. The van der Waals surface area contributed by atoms with Gasteiger partial charge in [0.2, 0.25) is 5.78 Å². The normalized spacial score (nSPS) is 15.3. The SMILES string of the molecule is CCOC(=O)C(C)Oc1ccc2c(c1)O/C(=C\c1ccccc1F)C2=O. The van der Waals surface area contributed by atoms with Crippen LogP contribution in [0.1, 0.15) is 29.8 Å². The van der Waals surface area contributed by atoms with Crippen LogP contribution in [0.2, 0.25) is 0 Å². The van der Waals surface area contributed by atoms with Gasteiger partial charge in [-0.1, -0.05) is 18.2 Å². The van der Waals surface area contributed by atoms with Crippen LogP contribution in [0.3, 0.4) is 0 Å². The Labute approximate surface area is 150 Å². The van der Waals surface area contributed by atoms with Crippen LogP contribution < -0.4 is 9.47 Å². The first-order chi connectivity index (χ1) is 12.5. The number of ether oxygens (including phenoxy) is 3.